The van der Waals surface area contributed by atoms with Crippen molar-refractivity contribution in [2.24, 2.45) is 23.2 Å². The second-order valence-electron chi connectivity index (χ2n) is 9.25. The number of nitrogens with zero attached hydrogens (tertiary/aromatic N) is 3. The minimum atomic E-state index is -0.234. The van der Waals surface area contributed by atoms with Crippen LogP contribution in [-0.2, 0) is 14.3 Å². The predicted molar refractivity (Wildman–Crippen MR) is 99.9 cm³/mol. The Bertz CT molecular complexity index is 699. The van der Waals surface area contributed by atoms with Gasteiger partial charge in [0.1, 0.15) is 18.2 Å². The van der Waals surface area contributed by atoms with Crippen LogP contribution in [0.1, 0.15) is 56.8 Å². The molecule has 5 aliphatic rings. The van der Waals surface area contributed by atoms with Crippen LogP contribution in [0.5, 0.6) is 0 Å². The Morgan fingerprint density at radius 3 is 2.57 bits per heavy atom. The average Bonchev–Trinajstić information content (AvgIpc) is 3.21. The maximum Gasteiger partial charge on any atom is 0.226 e. The van der Waals surface area contributed by atoms with Crippen LogP contribution in [0.4, 0.5) is 0 Å². The van der Waals surface area contributed by atoms with Crippen molar-refractivity contribution in [3.63, 3.8) is 0 Å². The monoisotopic (exact) mass is 387 g/mol. The molecule has 0 aromatic carbocycles. The van der Waals surface area contributed by atoms with Gasteiger partial charge in [0.05, 0.1) is 13.2 Å². The Balaban J connectivity index is 1.16. The molecule has 28 heavy (non-hydrogen) atoms. The Morgan fingerprint density at radius 1 is 1.21 bits per heavy atom. The summed E-state index contributed by atoms with van der Waals surface area (Å²) in [6, 6.07) is -0.234. The Hall–Kier alpha value is -1.96. The molecular weight excluding hydrogens is 358 g/mol. The highest BCUT2D eigenvalue weighted by Crippen LogP contribution is 2.60. The van der Waals surface area contributed by atoms with Gasteiger partial charge < -0.3 is 15.0 Å². The second-order valence-corrected chi connectivity index (χ2v) is 9.25. The normalized spacial score (nSPS) is 36.5. The molecule has 1 atom stereocenters. The molecule has 0 radical (unpaired) electrons. The standard InChI is InChI=1S/C20H29N5O3/c26-17(25-3-4-28-11-16(25)18-22-12-23-24-18)1-2-21-19(27)20-8-13-5-14(9-20)7-15(6-13)10-20/h12-16H,1-11H2,(H,21,27)(H,22,23,24)/t13?,14?,15?,16-,20?/m1/s1. The first kappa shape index (κ1) is 18.1. The van der Waals surface area contributed by atoms with Crippen molar-refractivity contribution in [3.8, 4) is 0 Å². The first-order chi connectivity index (χ1) is 13.6. The smallest absolute Gasteiger partial charge is 0.226 e. The number of rotatable bonds is 5. The van der Waals surface area contributed by atoms with Gasteiger partial charge in [-0.05, 0) is 56.3 Å². The number of carbonyl (C=O) groups is 2. The minimum Gasteiger partial charge on any atom is -0.377 e. The van der Waals surface area contributed by atoms with E-state index in [2.05, 4.69) is 20.5 Å². The van der Waals surface area contributed by atoms with Crippen LogP contribution in [0, 0.1) is 23.2 Å². The third kappa shape index (κ3) is 3.21. The highest BCUT2D eigenvalue weighted by atomic mass is 16.5. The van der Waals surface area contributed by atoms with Crippen molar-refractivity contribution < 1.29 is 14.3 Å². The lowest BCUT2D eigenvalue weighted by Gasteiger charge is -2.55. The molecule has 4 aliphatic carbocycles. The zero-order valence-electron chi connectivity index (χ0n) is 16.2. The zero-order valence-corrected chi connectivity index (χ0v) is 16.2. The highest BCUT2D eigenvalue weighted by molar-refractivity contribution is 5.84. The summed E-state index contributed by atoms with van der Waals surface area (Å²) in [7, 11) is 0. The number of hydrogen-bond acceptors (Lipinski definition) is 5. The topological polar surface area (TPSA) is 100 Å². The fourth-order valence-corrected chi connectivity index (χ4v) is 6.51. The lowest BCUT2D eigenvalue weighted by atomic mass is 9.49. The SMILES string of the molecule is O=C(CCNC(=O)C12CC3CC(CC(C3)C1)C2)N1CCOC[C@@H]1c1ncn[nH]1. The highest BCUT2D eigenvalue weighted by Gasteiger charge is 2.54. The van der Waals surface area contributed by atoms with Crippen LogP contribution >= 0.6 is 0 Å². The number of aromatic nitrogens is 3. The first-order valence-corrected chi connectivity index (χ1v) is 10.6. The number of morpholine rings is 1. The van der Waals surface area contributed by atoms with E-state index in [4.69, 9.17) is 4.74 Å². The predicted octanol–water partition coefficient (Wildman–Crippen LogP) is 1.43. The third-order valence-corrected chi connectivity index (χ3v) is 7.34. The largest absolute Gasteiger partial charge is 0.377 e. The van der Waals surface area contributed by atoms with Crippen molar-refractivity contribution >= 4 is 11.8 Å². The molecule has 2 heterocycles. The molecule has 0 spiro atoms. The molecule has 1 aromatic rings. The van der Waals surface area contributed by atoms with Gasteiger partial charge in [0, 0.05) is 24.9 Å². The van der Waals surface area contributed by atoms with Crippen molar-refractivity contribution in [3.05, 3.63) is 12.2 Å². The summed E-state index contributed by atoms with van der Waals surface area (Å²) in [6.07, 6.45) is 8.88. The van der Waals surface area contributed by atoms with Crippen molar-refractivity contribution in [1.29, 1.82) is 0 Å². The second kappa shape index (κ2) is 7.13. The van der Waals surface area contributed by atoms with E-state index in [9.17, 15) is 9.59 Å². The molecule has 4 bridgehead atoms. The van der Waals surface area contributed by atoms with Gasteiger partial charge in [0.2, 0.25) is 11.8 Å². The molecule has 2 N–H and O–H groups in total. The fourth-order valence-electron chi connectivity index (χ4n) is 6.51. The van der Waals surface area contributed by atoms with Crippen molar-refractivity contribution in [2.75, 3.05) is 26.3 Å². The molecule has 2 amide bonds. The van der Waals surface area contributed by atoms with Gasteiger partial charge in [0.25, 0.3) is 0 Å². The molecule has 1 aliphatic heterocycles. The molecule has 1 saturated heterocycles. The van der Waals surface area contributed by atoms with Gasteiger partial charge in [-0.1, -0.05) is 0 Å². The lowest BCUT2D eigenvalue weighted by Crippen LogP contribution is -2.54. The van der Waals surface area contributed by atoms with Crippen LogP contribution in [0.15, 0.2) is 6.33 Å². The van der Waals surface area contributed by atoms with E-state index < -0.39 is 0 Å². The van der Waals surface area contributed by atoms with E-state index in [1.165, 1.54) is 25.6 Å². The maximum atomic E-state index is 13.0. The third-order valence-electron chi connectivity index (χ3n) is 7.34. The van der Waals surface area contributed by atoms with Gasteiger partial charge in [0.15, 0.2) is 0 Å². The summed E-state index contributed by atoms with van der Waals surface area (Å²) >= 11 is 0. The van der Waals surface area contributed by atoms with Crippen LogP contribution in [-0.4, -0.2) is 58.2 Å². The molecule has 152 valence electrons. The van der Waals surface area contributed by atoms with E-state index in [0.717, 1.165) is 37.0 Å². The molecule has 0 unspecified atom stereocenters. The zero-order chi connectivity index (χ0) is 19.1. The summed E-state index contributed by atoms with van der Waals surface area (Å²) in [5.74, 6) is 3.09. The lowest BCUT2D eigenvalue weighted by molar-refractivity contribution is -0.146. The van der Waals surface area contributed by atoms with E-state index in [1.54, 1.807) is 4.90 Å². The summed E-state index contributed by atoms with van der Waals surface area (Å²) in [4.78, 5) is 31.8. The summed E-state index contributed by atoms with van der Waals surface area (Å²) < 4.78 is 5.52. The van der Waals surface area contributed by atoms with Gasteiger partial charge >= 0.3 is 0 Å². The molecule has 8 nitrogen and oxygen atoms in total. The summed E-state index contributed by atoms with van der Waals surface area (Å²) in [6.45, 7) is 1.88. The first-order valence-electron chi connectivity index (χ1n) is 10.6. The van der Waals surface area contributed by atoms with Gasteiger partial charge in [-0.25, -0.2) is 4.98 Å². The van der Waals surface area contributed by atoms with Gasteiger partial charge in [-0.3, -0.25) is 14.7 Å². The van der Waals surface area contributed by atoms with Crippen LogP contribution in [0.25, 0.3) is 0 Å². The number of ether oxygens (including phenoxy) is 1. The van der Waals surface area contributed by atoms with Crippen LogP contribution in [0.2, 0.25) is 0 Å². The van der Waals surface area contributed by atoms with Crippen molar-refractivity contribution in [2.45, 2.75) is 51.0 Å². The van der Waals surface area contributed by atoms with E-state index in [0.29, 0.717) is 38.5 Å². The van der Waals surface area contributed by atoms with E-state index >= 15 is 0 Å². The van der Waals surface area contributed by atoms with E-state index in [-0.39, 0.29) is 23.3 Å². The Labute approximate surface area is 164 Å². The van der Waals surface area contributed by atoms with Crippen LogP contribution in [0.3, 0.4) is 0 Å². The quantitative estimate of drug-likeness (QED) is 0.796. The fraction of sp³-hybridized carbons (Fsp3) is 0.800. The Morgan fingerprint density at radius 2 is 1.93 bits per heavy atom. The number of amides is 2. The van der Waals surface area contributed by atoms with Gasteiger partial charge in [-0.2, -0.15) is 5.10 Å². The summed E-state index contributed by atoms with van der Waals surface area (Å²) in [5.41, 5.74) is -0.154. The van der Waals surface area contributed by atoms with Crippen LogP contribution < -0.4 is 5.32 Å². The molecular formula is C20H29N5O3. The molecule has 8 heteroatoms. The molecule has 5 fully saturated rings. The minimum absolute atomic E-state index is 0.0236. The molecule has 6 rings (SSSR count). The number of aromatic amines is 1. The summed E-state index contributed by atoms with van der Waals surface area (Å²) in [5, 5.41) is 9.82. The van der Waals surface area contributed by atoms with Crippen molar-refractivity contribution in [1.82, 2.24) is 25.4 Å². The number of nitrogens with one attached hydrogen (secondary N) is 2. The van der Waals surface area contributed by atoms with E-state index in [1.807, 2.05) is 0 Å². The molecule has 1 aromatic heterocycles. The molecule has 4 saturated carbocycles. The number of hydrogen-bond donors (Lipinski definition) is 2. The number of H-pyrrole nitrogens is 1. The average molecular weight is 387 g/mol. The number of carbonyl (C=O) groups excluding carboxylic acids is 2. The Kier molecular flexibility index (Phi) is 4.61. The van der Waals surface area contributed by atoms with Gasteiger partial charge in [-0.15, -0.1) is 0 Å². The maximum absolute atomic E-state index is 13.0.